The van der Waals surface area contributed by atoms with E-state index in [0.29, 0.717) is 15.1 Å². The summed E-state index contributed by atoms with van der Waals surface area (Å²) in [6.45, 7) is 0. The second-order valence-corrected chi connectivity index (χ2v) is 4.55. The van der Waals surface area contributed by atoms with Crippen molar-refractivity contribution in [3.63, 3.8) is 0 Å². The number of hydrogen-bond donors (Lipinski definition) is 1. The van der Waals surface area contributed by atoms with Gasteiger partial charge in [-0.2, -0.15) is 0 Å². The Hall–Kier alpha value is -0.0600. The summed E-state index contributed by atoms with van der Waals surface area (Å²) in [5.74, 6) is -0.880. The number of carbonyl (C=O) groups is 1. The maximum Gasteiger partial charge on any atom is 0.307 e. The lowest BCUT2D eigenvalue weighted by Gasteiger charge is -2.04. The van der Waals surface area contributed by atoms with E-state index < -0.39 is 5.97 Å². The summed E-state index contributed by atoms with van der Waals surface area (Å²) in [7, 11) is 0. The molecule has 0 aliphatic carbocycles. The standard InChI is InChI=1S/C8H5Br2ClO2/c9-5-1-4(2-7(12)13)8(10)6(11)3-5/h1,3H,2H2,(H,12,13). The van der Waals surface area contributed by atoms with Crippen molar-refractivity contribution in [2.75, 3.05) is 0 Å². The molecule has 5 heteroatoms. The van der Waals surface area contributed by atoms with Crippen molar-refractivity contribution < 1.29 is 9.90 Å². The highest BCUT2D eigenvalue weighted by atomic mass is 79.9. The fraction of sp³-hybridized carbons (Fsp3) is 0.125. The first kappa shape index (κ1) is 11.0. The molecule has 0 unspecified atom stereocenters. The number of halogens is 3. The van der Waals surface area contributed by atoms with Gasteiger partial charge in [-0.25, -0.2) is 0 Å². The van der Waals surface area contributed by atoms with Gasteiger partial charge in [0.25, 0.3) is 0 Å². The van der Waals surface area contributed by atoms with Crippen LogP contribution in [-0.4, -0.2) is 11.1 Å². The van der Waals surface area contributed by atoms with Crippen molar-refractivity contribution >= 4 is 49.4 Å². The Balaban J connectivity index is 3.12. The monoisotopic (exact) mass is 326 g/mol. The SMILES string of the molecule is O=C(O)Cc1cc(Br)cc(Cl)c1Br. The van der Waals surface area contributed by atoms with E-state index in [1.165, 1.54) is 0 Å². The smallest absolute Gasteiger partial charge is 0.307 e. The van der Waals surface area contributed by atoms with Gasteiger partial charge in [-0.3, -0.25) is 4.79 Å². The molecule has 0 radical (unpaired) electrons. The Bertz CT molecular complexity index is 352. The highest BCUT2D eigenvalue weighted by Gasteiger charge is 2.09. The van der Waals surface area contributed by atoms with Crippen LogP contribution in [0, 0.1) is 0 Å². The molecule has 0 bridgehead atoms. The fourth-order valence-corrected chi connectivity index (χ4v) is 2.15. The lowest BCUT2D eigenvalue weighted by atomic mass is 10.1. The molecule has 0 heterocycles. The van der Waals surface area contributed by atoms with Gasteiger partial charge in [0.15, 0.2) is 0 Å². The number of aliphatic carboxylic acids is 1. The van der Waals surface area contributed by atoms with Crippen LogP contribution in [0.5, 0.6) is 0 Å². The minimum atomic E-state index is -0.880. The van der Waals surface area contributed by atoms with Crippen LogP contribution < -0.4 is 0 Å². The number of carboxylic acid groups (broad SMARTS) is 1. The van der Waals surface area contributed by atoms with Crippen LogP contribution >= 0.6 is 43.5 Å². The van der Waals surface area contributed by atoms with Gasteiger partial charge in [0, 0.05) is 8.95 Å². The van der Waals surface area contributed by atoms with Crippen LogP contribution in [0.3, 0.4) is 0 Å². The molecule has 1 aromatic carbocycles. The molecule has 70 valence electrons. The second kappa shape index (κ2) is 4.44. The minimum absolute atomic E-state index is 0.0419. The summed E-state index contributed by atoms with van der Waals surface area (Å²) in [5.41, 5.74) is 0.659. The molecule has 1 N–H and O–H groups in total. The van der Waals surface area contributed by atoms with Crippen LogP contribution in [0.1, 0.15) is 5.56 Å². The molecular weight excluding hydrogens is 323 g/mol. The first-order chi connectivity index (χ1) is 6.00. The summed E-state index contributed by atoms with van der Waals surface area (Å²) in [6, 6.07) is 3.43. The zero-order valence-corrected chi connectivity index (χ0v) is 10.3. The predicted octanol–water partition coefficient (Wildman–Crippen LogP) is 3.49. The van der Waals surface area contributed by atoms with Gasteiger partial charge in [0.05, 0.1) is 11.4 Å². The molecule has 0 spiro atoms. The molecule has 0 aromatic heterocycles. The number of rotatable bonds is 2. The zero-order valence-electron chi connectivity index (χ0n) is 6.35. The summed E-state index contributed by atoms with van der Waals surface area (Å²) in [4.78, 5) is 10.5. The average molecular weight is 328 g/mol. The normalized spacial score (nSPS) is 10.1. The van der Waals surface area contributed by atoms with E-state index in [1.54, 1.807) is 12.1 Å². The molecule has 1 aromatic rings. The van der Waals surface area contributed by atoms with E-state index in [2.05, 4.69) is 31.9 Å². The van der Waals surface area contributed by atoms with E-state index >= 15 is 0 Å². The third kappa shape index (κ3) is 2.97. The Kier molecular flexibility index (Phi) is 3.76. The summed E-state index contributed by atoms with van der Waals surface area (Å²) >= 11 is 12.3. The third-order valence-electron chi connectivity index (χ3n) is 1.41. The van der Waals surface area contributed by atoms with E-state index in [4.69, 9.17) is 16.7 Å². The zero-order chi connectivity index (χ0) is 10.0. The van der Waals surface area contributed by atoms with Crippen LogP contribution in [0.4, 0.5) is 0 Å². The average Bonchev–Trinajstić information content (AvgIpc) is 1.98. The van der Waals surface area contributed by atoms with E-state index in [9.17, 15) is 4.79 Å². The molecule has 1 rings (SSSR count). The van der Waals surface area contributed by atoms with Crippen molar-refractivity contribution in [3.8, 4) is 0 Å². The van der Waals surface area contributed by atoms with Gasteiger partial charge in [0.1, 0.15) is 0 Å². The third-order valence-corrected chi connectivity index (χ3v) is 3.33. The van der Waals surface area contributed by atoms with E-state index in [1.807, 2.05) is 0 Å². The van der Waals surface area contributed by atoms with E-state index in [-0.39, 0.29) is 6.42 Å². The highest BCUT2D eigenvalue weighted by molar-refractivity contribution is 9.11. The summed E-state index contributed by atoms with van der Waals surface area (Å²) in [6.07, 6.45) is -0.0419. The Morgan fingerprint density at radius 1 is 1.46 bits per heavy atom. The van der Waals surface area contributed by atoms with Gasteiger partial charge >= 0.3 is 5.97 Å². The van der Waals surface area contributed by atoms with Crippen molar-refractivity contribution in [2.45, 2.75) is 6.42 Å². The van der Waals surface area contributed by atoms with Gasteiger partial charge < -0.3 is 5.11 Å². The molecule has 0 atom stereocenters. The molecule has 0 aliphatic rings. The summed E-state index contributed by atoms with van der Waals surface area (Å²) in [5, 5.41) is 9.10. The molecule has 0 saturated heterocycles. The lowest BCUT2D eigenvalue weighted by Crippen LogP contribution is -2.01. The van der Waals surface area contributed by atoms with Crippen LogP contribution in [0.15, 0.2) is 21.1 Å². The topological polar surface area (TPSA) is 37.3 Å². The van der Waals surface area contributed by atoms with Crippen molar-refractivity contribution in [2.24, 2.45) is 0 Å². The Labute approximate surface area is 97.2 Å². The first-order valence-electron chi connectivity index (χ1n) is 3.36. The number of carboxylic acids is 1. The quantitative estimate of drug-likeness (QED) is 0.844. The van der Waals surface area contributed by atoms with Crippen LogP contribution in [-0.2, 0) is 11.2 Å². The molecular formula is C8H5Br2ClO2. The van der Waals surface area contributed by atoms with Gasteiger partial charge in [0.2, 0.25) is 0 Å². The van der Waals surface area contributed by atoms with E-state index in [0.717, 1.165) is 4.47 Å². The van der Waals surface area contributed by atoms with Gasteiger partial charge in [-0.15, -0.1) is 0 Å². The maximum atomic E-state index is 10.5. The second-order valence-electron chi connectivity index (χ2n) is 2.43. The molecule has 0 aliphatic heterocycles. The van der Waals surface area contributed by atoms with Crippen molar-refractivity contribution in [1.82, 2.24) is 0 Å². The van der Waals surface area contributed by atoms with Crippen molar-refractivity contribution in [1.29, 1.82) is 0 Å². The molecule has 0 amide bonds. The Morgan fingerprint density at radius 3 is 2.62 bits per heavy atom. The molecule has 13 heavy (non-hydrogen) atoms. The molecule has 0 fully saturated rings. The molecule has 2 nitrogen and oxygen atoms in total. The predicted molar refractivity (Wildman–Crippen MR) is 58.2 cm³/mol. The maximum absolute atomic E-state index is 10.5. The van der Waals surface area contributed by atoms with Crippen molar-refractivity contribution in [3.05, 3.63) is 31.7 Å². The minimum Gasteiger partial charge on any atom is -0.481 e. The highest BCUT2D eigenvalue weighted by Crippen LogP contribution is 2.30. The molecule has 0 saturated carbocycles. The lowest BCUT2D eigenvalue weighted by molar-refractivity contribution is -0.136. The largest absolute Gasteiger partial charge is 0.481 e. The van der Waals surface area contributed by atoms with Gasteiger partial charge in [-0.1, -0.05) is 27.5 Å². The first-order valence-corrected chi connectivity index (χ1v) is 5.32. The number of benzene rings is 1. The van der Waals surface area contributed by atoms with Gasteiger partial charge in [-0.05, 0) is 33.6 Å². The number of hydrogen-bond acceptors (Lipinski definition) is 1. The van der Waals surface area contributed by atoms with Crippen LogP contribution in [0.2, 0.25) is 5.02 Å². The van der Waals surface area contributed by atoms with Crippen LogP contribution in [0.25, 0.3) is 0 Å². The Morgan fingerprint density at radius 2 is 2.08 bits per heavy atom. The fourth-order valence-electron chi connectivity index (χ4n) is 0.901. The summed E-state index contributed by atoms with van der Waals surface area (Å²) < 4.78 is 1.41.